The lowest BCUT2D eigenvalue weighted by Crippen LogP contribution is -1.91. The number of aromatic nitrogens is 3. The number of hydrogen-bond acceptors (Lipinski definition) is 2. The minimum absolute atomic E-state index is 1.00. The van der Waals surface area contributed by atoms with Gasteiger partial charge >= 0.3 is 0 Å². The molecule has 4 aromatic rings. The van der Waals surface area contributed by atoms with Gasteiger partial charge in [0, 0.05) is 29.6 Å². The fraction of sp³-hybridized carbons (Fsp3) is 0.111. The normalized spacial score (nSPS) is 11.3. The van der Waals surface area contributed by atoms with Gasteiger partial charge in [-0.05, 0) is 31.2 Å². The van der Waals surface area contributed by atoms with Gasteiger partial charge in [-0.25, -0.2) is 0 Å². The molecule has 102 valence electrons. The number of nitrogens with zero attached hydrogens (tertiary/aromatic N) is 3. The van der Waals surface area contributed by atoms with Crippen molar-refractivity contribution < 1.29 is 0 Å². The highest BCUT2D eigenvalue weighted by atomic mass is 15.3. The quantitative estimate of drug-likeness (QED) is 0.523. The van der Waals surface area contributed by atoms with E-state index in [1.807, 2.05) is 24.0 Å². The highest BCUT2D eigenvalue weighted by molar-refractivity contribution is 6.08. The second-order valence-electron chi connectivity index (χ2n) is 5.37. The highest BCUT2D eigenvalue weighted by Crippen LogP contribution is 2.31. The first-order chi connectivity index (χ1) is 10.2. The van der Waals surface area contributed by atoms with Gasteiger partial charge in [0.05, 0.1) is 11.0 Å². The largest absolute Gasteiger partial charge is 0.267 e. The molecule has 0 amide bonds. The van der Waals surface area contributed by atoms with Crippen molar-refractivity contribution in [3.8, 4) is 11.3 Å². The Morgan fingerprint density at radius 1 is 0.905 bits per heavy atom. The number of benzene rings is 2. The summed E-state index contributed by atoms with van der Waals surface area (Å²) in [5.41, 5.74) is 5.57. The van der Waals surface area contributed by atoms with Crippen LogP contribution in [-0.2, 0) is 7.05 Å². The van der Waals surface area contributed by atoms with Gasteiger partial charge in [-0.3, -0.25) is 9.67 Å². The van der Waals surface area contributed by atoms with E-state index in [4.69, 9.17) is 5.10 Å². The predicted octanol–water partition coefficient (Wildman–Crippen LogP) is 4.10. The molecule has 0 spiro atoms. The maximum absolute atomic E-state index is 4.73. The molecule has 3 nitrogen and oxygen atoms in total. The van der Waals surface area contributed by atoms with E-state index >= 15 is 0 Å². The van der Waals surface area contributed by atoms with Gasteiger partial charge in [-0.2, -0.15) is 5.10 Å². The van der Waals surface area contributed by atoms with Gasteiger partial charge in [0.15, 0.2) is 0 Å². The molecule has 0 unspecified atom stereocenters. The standard InChI is InChI=1S/C18H15N3/c1-12-5-7-13(8-6-12)17-15-9-10-16-14(4-3-11-19-16)18(15)21(2)20-17/h3-11H,1-2H3. The van der Waals surface area contributed by atoms with Crippen LogP contribution < -0.4 is 0 Å². The van der Waals surface area contributed by atoms with Gasteiger partial charge in [0.1, 0.15) is 5.69 Å². The molecule has 2 aromatic carbocycles. The summed E-state index contributed by atoms with van der Waals surface area (Å²) >= 11 is 0. The van der Waals surface area contributed by atoms with Crippen molar-refractivity contribution in [1.82, 2.24) is 14.8 Å². The average Bonchev–Trinajstić information content (AvgIpc) is 2.86. The van der Waals surface area contributed by atoms with Gasteiger partial charge in [-0.1, -0.05) is 29.8 Å². The van der Waals surface area contributed by atoms with Crippen LogP contribution in [0.4, 0.5) is 0 Å². The molecule has 0 atom stereocenters. The lowest BCUT2D eigenvalue weighted by atomic mass is 10.0. The fourth-order valence-corrected chi connectivity index (χ4v) is 2.86. The van der Waals surface area contributed by atoms with Crippen LogP contribution in [0.3, 0.4) is 0 Å². The molecule has 3 heteroatoms. The number of hydrogen-bond donors (Lipinski definition) is 0. The van der Waals surface area contributed by atoms with Crippen molar-refractivity contribution in [2.75, 3.05) is 0 Å². The summed E-state index contributed by atoms with van der Waals surface area (Å²) in [4.78, 5) is 4.42. The van der Waals surface area contributed by atoms with E-state index in [2.05, 4.69) is 54.4 Å². The highest BCUT2D eigenvalue weighted by Gasteiger charge is 2.13. The van der Waals surface area contributed by atoms with E-state index in [1.165, 1.54) is 10.9 Å². The first-order valence-corrected chi connectivity index (χ1v) is 7.01. The van der Waals surface area contributed by atoms with E-state index in [0.29, 0.717) is 0 Å². The van der Waals surface area contributed by atoms with E-state index in [9.17, 15) is 0 Å². The topological polar surface area (TPSA) is 30.7 Å². The third-order valence-electron chi connectivity index (χ3n) is 3.91. The Bertz CT molecular complexity index is 949. The number of pyridine rings is 1. The molecule has 0 aliphatic carbocycles. The van der Waals surface area contributed by atoms with E-state index in [1.54, 1.807) is 0 Å². The molecular weight excluding hydrogens is 258 g/mol. The first kappa shape index (κ1) is 12.1. The molecule has 0 radical (unpaired) electrons. The number of fused-ring (bicyclic) bond motifs is 3. The molecule has 0 saturated heterocycles. The Balaban J connectivity index is 2.08. The molecule has 2 aromatic heterocycles. The molecule has 4 rings (SSSR count). The Morgan fingerprint density at radius 2 is 1.71 bits per heavy atom. The SMILES string of the molecule is Cc1ccc(-c2nn(C)c3c2ccc2ncccc23)cc1. The summed E-state index contributed by atoms with van der Waals surface area (Å²) in [5, 5.41) is 7.04. The van der Waals surface area contributed by atoms with Crippen molar-refractivity contribution in [3.05, 3.63) is 60.3 Å². The second-order valence-corrected chi connectivity index (χ2v) is 5.37. The lowest BCUT2D eigenvalue weighted by molar-refractivity contribution is 0.803. The molecule has 0 bridgehead atoms. The van der Waals surface area contributed by atoms with Crippen LogP contribution in [0.5, 0.6) is 0 Å². The van der Waals surface area contributed by atoms with Crippen molar-refractivity contribution in [3.63, 3.8) is 0 Å². The summed E-state index contributed by atoms with van der Waals surface area (Å²) in [7, 11) is 1.99. The zero-order chi connectivity index (χ0) is 14.4. The molecule has 0 saturated carbocycles. The zero-order valence-electron chi connectivity index (χ0n) is 12.0. The second kappa shape index (κ2) is 4.42. The van der Waals surface area contributed by atoms with Crippen LogP contribution in [0.15, 0.2) is 54.7 Å². The maximum atomic E-state index is 4.73. The van der Waals surface area contributed by atoms with Crippen LogP contribution >= 0.6 is 0 Å². The molecule has 0 N–H and O–H groups in total. The van der Waals surface area contributed by atoms with Gasteiger partial charge in [-0.15, -0.1) is 0 Å². The van der Waals surface area contributed by atoms with Gasteiger partial charge < -0.3 is 0 Å². The smallest absolute Gasteiger partial charge is 0.100 e. The molecule has 2 heterocycles. The predicted molar refractivity (Wildman–Crippen MR) is 86.2 cm³/mol. The fourth-order valence-electron chi connectivity index (χ4n) is 2.86. The van der Waals surface area contributed by atoms with E-state index < -0.39 is 0 Å². The third kappa shape index (κ3) is 1.82. The molecule has 0 fully saturated rings. The summed E-state index contributed by atoms with van der Waals surface area (Å²) in [6.45, 7) is 2.10. The summed E-state index contributed by atoms with van der Waals surface area (Å²) < 4.78 is 1.95. The summed E-state index contributed by atoms with van der Waals surface area (Å²) in [5.74, 6) is 0. The first-order valence-electron chi connectivity index (χ1n) is 7.01. The molecular formula is C18H15N3. The minimum atomic E-state index is 1.00. The van der Waals surface area contributed by atoms with Crippen molar-refractivity contribution in [2.45, 2.75) is 6.92 Å². The van der Waals surface area contributed by atoms with Crippen LogP contribution in [0.2, 0.25) is 0 Å². The van der Waals surface area contributed by atoms with Gasteiger partial charge in [0.2, 0.25) is 0 Å². The van der Waals surface area contributed by atoms with Crippen molar-refractivity contribution in [1.29, 1.82) is 0 Å². The minimum Gasteiger partial charge on any atom is -0.267 e. The Hall–Kier alpha value is -2.68. The van der Waals surface area contributed by atoms with E-state index in [-0.39, 0.29) is 0 Å². The summed E-state index contributed by atoms with van der Waals surface area (Å²) in [6.07, 6.45) is 1.82. The zero-order valence-corrected chi connectivity index (χ0v) is 12.0. The Kier molecular flexibility index (Phi) is 2.54. The molecule has 21 heavy (non-hydrogen) atoms. The van der Waals surface area contributed by atoms with Crippen LogP contribution in [0.1, 0.15) is 5.56 Å². The number of rotatable bonds is 1. The van der Waals surface area contributed by atoms with Crippen molar-refractivity contribution >= 4 is 21.8 Å². The monoisotopic (exact) mass is 273 g/mol. The lowest BCUT2D eigenvalue weighted by Gasteiger charge is -2.01. The molecule has 0 aliphatic heterocycles. The Morgan fingerprint density at radius 3 is 2.52 bits per heavy atom. The number of aryl methyl sites for hydroxylation is 2. The third-order valence-corrected chi connectivity index (χ3v) is 3.91. The summed E-state index contributed by atoms with van der Waals surface area (Å²) in [6, 6.07) is 16.8. The van der Waals surface area contributed by atoms with Crippen LogP contribution in [0.25, 0.3) is 33.1 Å². The average molecular weight is 273 g/mol. The molecule has 0 aliphatic rings. The van der Waals surface area contributed by atoms with Crippen molar-refractivity contribution in [2.24, 2.45) is 7.05 Å². The van der Waals surface area contributed by atoms with Crippen LogP contribution in [-0.4, -0.2) is 14.8 Å². The maximum Gasteiger partial charge on any atom is 0.100 e. The Labute approximate surface area is 122 Å². The van der Waals surface area contributed by atoms with E-state index in [0.717, 1.165) is 27.7 Å². The van der Waals surface area contributed by atoms with Gasteiger partial charge in [0.25, 0.3) is 0 Å². The van der Waals surface area contributed by atoms with Crippen LogP contribution in [0, 0.1) is 6.92 Å².